The molecule has 11 heteroatoms. The van der Waals surface area contributed by atoms with E-state index in [1.54, 1.807) is 6.92 Å². The van der Waals surface area contributed by atoms with Gasteiger partial charge >= 0.3 is 5.69 Å². The minimum atomic E-state index is -0.595. The Kier molecular flexibility index (Phi) is 6.05. The van der Waals surface area contributed by atoms with Crippen LogP contribution < -0.4 is 11.2 Å². The number of aromatic nitrogens is 2. The van der Waals surface area contributed by atoms with Gasteiger partial charge in [0.05, 0.1) is 12.1 Å². The quantitative estimate of drug-likeness (QED) is 0.370. The summed E-state index contributed by atoms with van der Waals surface area (Å²) in [6.07, 6.45) is 0.851. The van der Waals surface area contributed by atoms with E-state index in [4.69, 9.17) is 22.5 Å². The van der Waals surface area contributed by atoms with Crippen LogP contribution in [-0.2, 0) is 4.74 Å². The molecule has 3 atom stereocenters. The molecule has 130 valence electrons. The van der Waals surface area contributed by atoms with Crippen molar-refractivity contribution in [3.63, 3.8) is 0 Å². The van der Waals surface area contributed by atoms with Crippen molar-refractivity contribution in [1.29, 1.82) is 0 Å². The first-order chi connectivity index (χ1) is 11.3. The summed E-state index contributed by atoms with van der Waals surface area (Å²) in [5.41, 5.74) is 8.18. The van der Waals surface area contributed by atoms with Crippen LogP contribution in [0.15, 0.2) is 20.9 Å². The number of hydrogen-bond acceptors (Lipinski definition) is 6. The number of aryl methyl sites for hydroxylation is 1. The summed E-state index contributed by atoms with van der Waals surface area (Å²) in [4.78, 5) is 30.4. The second-order valence-corrected chi connectivity index (χ2v) is 7.24. The van der Waals surface area contributed by atoms with E-state index in [0.717, 1.165) is 0 Å². The summed E-state index contributed by atoms with van der Waals surface area (Å²) in [7, 11) is 3.70. The molecule has 0 amide bonds. The van der Waals surface area contributed by atoms with E-state index in [0.29, 0.717) is 22.1 Å². The second-order valence-electron chi connectivity index (χ2n) is 5.59. The predicted molar refractivity (Wildman–Crippen MR) is 96.3 cm³/mol. The lowest BCUT2D eigenvalue weighted by Gasteiger charge is -2.18. The van der Waals surface area contributed by atoms with E-state index < -0.39 is 23.5 Å². The SMILES string of the molecule is Cc1cn([C@H]2CC(N=[N+]=[N-])[C@@H](CSC(=S)N(C)C)O2)c(=O)[nH]c1=O. The highest BCUT2D eigenvalue weighted by molar-refractivity contribution is 8.22. The molecule has 1 fully saturated rings. The molecule has 1 N–H and O–H groups in total. The highest BCUT2D eigenvalue weighted by Crippen LogP contribution is 2.32. The van der Waals surface area contributed by atoms with Crippen molar-refractivity contribution in [2.45, 2.75) is 31.7 Å². The molecule has 0 spiro atoms. The number of azide groups is 1. The largest absolute Gasteiger partial charge is 0.364 e. The van der Waals surface area contributed by atoms with Crippen molar-refractivity contribution in [3.05, 3.63) is 43.0 Å². The van der Waals surface area contributed by atoms with Crippen molar-refractivity contribution < 1.29 is 4.74 Å². The number of aromatic amines is 1. The van der Waals surface area contributed by atoms with E-state index in [2.05, 4.69) is 15.0 Å². The number of thioether (sulfide) groups is 1. The van der Waals surface area contributed by atoms with Crippen LogP contribution in [0.3, 0.4) is 0 Å². The molecular formula is C13H18N6O3S2. The van der Waals surface area contributed by atoms with Gasteiger partial charge in [-0.15, -0.1) is 0 Å². The molecule has 0 aromatic carbocycles. The highest BCUT2D eigenvalue weighted by Gasteiger charge is 2.36. The van der Waals surface area contributed by atoms with Crippen LogP contribution in [0, 0.1) is 6.92 Å². The fourth-order valence-corrected chi connectivity index (χ4v) is 3.38. The number of nitrogens with one attached hydrogen (secondary N) is 1. The van der Waals surface area contributed by atoms with Crippen molar-refractivity contribution >= 4 is 28.3 Å². The van der Waals surface area contributed by atoms with Crippen LogP contribution in [0.25, 0.3) is 10.4 Å². The van der Waals surface area contributed by atoms with Crippen LogP contribution in [0.1, 0.15) is 18.2 Å². The molecule has 0 aliphatic carbocycles. The van der Waals surface area contributed by atoms with Crippen LogP contribution in [0.2, 0.25) is 0 Å². The van der Waals surface area contributed by atoms with Crippen LogP contribution in [-0.4, -0.2) is 50.8 Å². The summed E-state index contributed by atoms with van der Waals surface area (Å²) < 4.78 is 7.91. The summed E-state index contributed by atoms with van der Waals surface area (Å²) in [6.45, 7) is 1.61. The number of nitrogens with zero attached hydrogens (tertiary/aromatic N) is 5. The topological polar surface area (TPSA) is 116 Å². The first-order valence-corrected chi connectivity index (χ1v) is 8.58. The molecule has 1 aliphatic heterocycles. The molecule has 1 saturated heterocycles. The van der Waals surface area contributed by atoms with Gasteiger partial charge in [-0.3, -0.25) is 14.3 Å². The van der Waals surface area contributed by atoms with Crippen molar-refractivity contribution in [2.75, 3.05) is 19.8 Å². The molecule has 0 radical (unpaired) electrons. The Bertz CT molecular complexity index is 783. The first kappa shape index (κ1) is 18.5. The molecule has 24 heavy (non-hydrogen) atoms. The lowest BCUT2D eigenvalue weighted by atomic mass is 10.1. The third-order valence-corrected chi connectivity index (χ3v) is 5.42. The summed E-state index contributed by atoms with van der Waals surface area (Å²) >= 11 is 6.65. The third kappa shape index (κ3) is 4.18. The maximum absolute atomic E-state index is 12.0. The summed E-state index contributed by atoms with van der Waals surface area (Å²) in [5.74, 6) is 0.508. The van der Waals surface area contributed by atoms with Gasteiger partial charge in [-0.25, -0.2) is 4.79 Å². The zero-order valence-corrected chi connectivity index (χ0v) is 15.1. The van der Waals surface area contributed by atoms with Gasteiger partial charge in [-0.05, 0) is 12.5 Å². The van der Waals surface area contributed by atoms with E-state index in [1.807, 2.05) is 19.0 Å². The Labute approximate surface area is 147 Å². The molecule has 1 aromatic heterocycles. The van der Waals surface area contributed by atoms with Crippen LogP contribution >= 0.6 is 24.0 Å². The number of ether oxygens (including phenoxy) is 1. The van der Waals surface area contributed by atoms with Gasteiger partial charge in [0.1, 0.15) is 10.5 Å². The van der Waals surface area contributed by atoms with Gasteiger partial charge < -0.3 is 9.64 Å². The van der Waals surface area contributed by atoms with E-state index in [1.165, 1.54) is 22.5 Å². The van der Waals surface area contributed by atoms with Gasteiger partial charge in [0.25, 0.3) is 5.56 Å². The first-order valence-electron chi connectivity index (χ1n) is 7.19. The average Bonchev–Trinajstić information content (AvgIpc) is 2.91. The Balaban J connectivity index is 2.19. The van der Waals surface area contributed by atoms with Gasteiger partial charge in [0.2, 0.25) is 0 Å². The number of thiocarbonyl (C=S) groups is 1. The van der Waals surface area contributed by atoms with Gasteiger partial charge in [0.15, 0.2) is 0 Å². The molecule has 2 rings (SSSR count). The third-order valence-electron chi connectivity index (χ3n) is 3.60. The summed E-state index contributed by atoms with van der Waals surface area (Å²) in [5, 5.41) is 3.77. The molecular weight excluding hydrogens is 352 g/mol. The average molecular weight is 370 g/mol. The van der Waals surface area contributed by atoms with Crippen LogP contribution in [0.4, 0.5) is 0 Å². The van der Waals surface area contributed by atoms with E-state index in [-0.39, 0.29) is 6.10 Å². The molecule has 0 saturated carbocycles. The second kappa shape index (κ2) is 7.84. The Morgan fingerprint density at radius 2 is 2.33 bits per heavy atom. The zero-order chi connectivity index (χ0) is 17.9. The number of H-pyrrole nitrogens is 1. The molecule has 1 aliphatic rings. The smallest absolute Gasteiger partial charge is 0.330 e. The maximum Gasteiger partial charge on any atom is 0.330 e. The van der Waals surface area contributed by atoms with E-state index in [9.17, 15) is 9.59 Å². The van der Waals surface area contributed by atoms with Crippen molar-refractivity contribution in [1.82, 2.24) is 14.5 Å². The molecule has 9 nitrogen and oxygen atoms in total. The molecule has 1 aromatic rings. The number of hydrogen-bond donors (Lipinski definition) is 1. The summed E-state index contributed by atoms with van der Waals surface area (Å²) in [6, 6.07) is -0.406. The van der Waals surface area contributed by atoms with E-state index >= 15 is 0 Å². The minimum absolute atomic E-state index is 0.357. The number of rotatable bonds is 4. The monoisotopic (exact) mass is 370 g/mol. The van der Waals surface area contributed by atoms with Gasteiger partial charge in [-0.2, -0.15) is 0 Å². The zero-order valence-electron chi connectivity index (χ0n) is 13.5. The van der Waals surface area contributed by atoms with Crippen molar-refractivity contribution in [2.24, 2.45) is 5.11 Å². The highest BCUT2D eigenvalue weighted by atomic mass is 32.2. The maximum atomic E-state index is 12.0. The fraction of sp³-hybridized carbons (Fsp3) is 0.615. The van der Waals surface area contributed by atoms with Gasteiger partial charge in [-0.1, -0.05) is 29.1 Å². The molecule has 1 unspecified atom stereocenters. The standard InChI is InChI=1S/C13H18N6O3S2/c1-7-5-19(12(21)15-11(7)20)10-4-8(16-17-14)9(22-10)6-24-13(23)18(2)3/h5,8-10H,4,6H2,1-3H3,(H,15,20,21)/t8?,9-,10-/m1/s1. The lowest BCUT2D eigenvalue weighted by Crippen LogP contribution is -2.33. The Morgan fingerprint density at radius 1 is 1.62 bits per heavy atom. The fourth-order valence-electron chi connectivity index (χ4n) is 2.31. The van der Waals surface area contributed by atoms with Crippen LogP contribution in [0.5, 0.6) is 0 Å². The van der Waals surface area contributed by atoms with Crippen molar-refractivity contribution in [3.8, 4) is 0 Å². The molecule has 0 bridgehead atoms. The Morgan fingerprint density at radius 3 is 2.96 bits per heavy atom. The lowest BCUT2D eigenvalue weighted by molar-refractivity contribution is 0.00824. The predicted octanol–water partition coefficient (Wildman–Crippen LogP) is 1.39. The normalized spacial score (nSPS) is 22.9. The minimum Gasteiger partial charge on any atom is -0.364 e. The van der Waals surface area contributed by atoms with Gasteiger partial charge in [0, 0.05) is 42.9 Å². The molecule has 2 heterocycles. The Hall–Kier alpha value is -1.81.